The third kappa shape index (κ3) is 4.15. The van der Waals surface area contributed by atoms with Crippen molar-refractivity contribution in [3.05, 3.63) is 88.9 Å². The van der Waals surface area contributed by atoms with Crippen LogP contribution in [-0.4, -0.2) is 44.3 Å². The molecule has 3 heterocycles. The van der Waals surface area contributed by atoms with E-state index in [-0.39, 0.29) is 11.7 Å². The van der Waals surface area contributed by atoms with Crippen LogP contribution in [0, 0.1) is 6.92 Å². The van der Waals surface area contributed by atoms with Crippen LogP contribution in [0.4, 0.5) is 0 Å². The zero-order valence-electron chi connectivity index (χ0n) is 20.5. The number of rotatable bonds is 8. The molecule has 0 saturated carbocycles. The minimum Gasteiger partial charge on any atom is -0.507 e. The van der Waals surface area contributed by atoms with Gasteiger partial charge in [-0.3, -0.25) is 14.9 Å². The minimum atomic E-state index is -0.462. The van der Waals surface area contributed by atoms with Gasteiger partial charge < -0.3 is 19.5 Å². The Hall–Kier alpha value is -4.33. The van der Waals surface area contributed by atoms with Crippen molar-refractivity contribution >= 4 is 5.91 Å². The molecule has 0 radical (unpaired) electrons. The average molecular weight is 485 g/mol. The van der Waals surface area contributed by atoms with Gasteiger partial charge in [0.2, 0.25) is 0 Å². The summed E-state index contributed by atoms with van der Waals surface area (Å²) >= 11 is 0. The molecule has 0 unspecified atom stereocenters. The van der Waals surface area contributed by atoms with Crippen molar-refractivity contribution in [3.63, 3.8) is 0 Å². The third-order valence-corrected chi connectivity index (χ3v) is 6.23. The Morgan fingerprint density at radius 3 is 2.61 bits per heavy atom. The molecule has 0 aliphatic carbocycles. The lowest BCUT2D eigenvalue weighted by molar-refractivity contribution is 0.0729. The van der Waals surface area contributed by atoms with E-state index in [0.717, 1.165) is 22.3 Å². The van der Waals surface area contributed by atoms with E-state index in [9.17, 15) is 9.90 Å². The van der Waals surface area contributed by atoms with Crippen LogP contribution in [0.5, 0.6) is 17.2 Å². The summed E-state index contributed by atoms with van der Waals surface area (Å²) in [5.74, 6) is 1.20. The van der Waals surface area contributed by atoms with Gasteiger partial charge in [-0.25, -0.2) is 0 Å². The van der Waals surface area contributed by atoms with Crippen LogP contribution in [0.25, 0.3) is 11.3 Å². The number of pyridine rings is 1. The minimum absolute atomic E-state index is 0.105. The van der Waals surface area contributed by atoms with Gasteiger partial charge in [-0.2, -0.15) is 5.10 Å². The predicted octanol–water partition coefficient (Wildman–Crippen LogP) is 5.03. The van der Waals surface area contributed by atoms with Crippen molar-refractivity contribution in [3.8, 4) is 28.5 Å². The molecule has 0 saturated heterocycles. The summed E-state index contributed by atoms with van der Waals surface area (Å²) in [6, 6.07) is 14.4. The summed E-state index contributed by atoms with van der Waals surface area (Å²) in [5, 5.41) is 18.1. The number of carbonyl (C=O) groups excluding carboxylic acids is 1. The van der Waals surface area contributed by atoms with Crippen LogP contribution in [0.3, 0.4) is 0 Å². The van der Waals surface area contributed by atoms with E-state index in [1.54, 1.807) is 23.4 Å². The molecule has 0 spiro atoms. The van der Waals surface area contributed by atoms with Gasteiger partial charge in [-0.1, -0.05) is 23.8 Å². The maximum Gasteiger partial charge on any atom is 0.273 e. The SMILES string of the molecule is CCOc1ccc([C@H]2c3c(-c4cc(C)ccc4O)n[nH]c3C(=O)N2Cc2cccnc2)cc1OCC. The fraction of sp³-hybridized carbons (Fsp3) is 0.250. The number of phenolic OH excluding ortho intramolecular Hbond substituents is 1. The Kier molecular flexibility index (Phi) is 6.33. The first-order valence-electron chi connectivity index (χ1n) is 12.0. The Morgan fingerprint density at radius 1 is 1.06 bits per heavy atom. The van der Waals surface area contributed by atoms with Crippen LogP contribution in [-0.2, 0) is 6.54 Å². The van der Waals surface area contributed by atoms with Gasteiger partial charge in [0, 0.05) is 30.1 Å². The number of fused-ring (bicyclic) bond motifs is 1. The molecule has 2 aromatic heterocycles. The topological polar surface area (TPSA) is 101 Å². The quantitative estimate of drug-likeness (QED) is 0.364. The van der Waals surface area contributed by atoms with Gasteiger partial charge in [0.05, 0.1) is 19.3 Å². The van der Waals surface area contributed by atoms with Crippen LogP contribution in [0.15, 0.2) is 60.9 Å². The molecule has 2 N–H and O–H groups in total. The van der Waals surface area contributed by atoms with Gasteiger partial charge in [0.1, 0.15) is 17.1 Å². The lowest BCUT2D eigenvalue weighted by Crippen LogP contribution is -2.29. The number of nitrogens with one attached hydrogen (secondary N) is 1. The highest BCUT2D eigenvalue weighted by Crippen LogP contribution is 2.46. The highest BCUT2D eigenvalue weighted by molar-refractivity contribution is 6.00. The molecule has 8 heteroatoms. The van der Waals surface area contributed by atoms with Crippen molar-refractivity contribution in [1.82, 2.24) is 20.1 Å². The molecule has 0 bridgehead atoms. The van der Waals surface area contributed by atoms with E-state index in [0.29, 0.717) is 48.2 Å². The summed E-state index contributed by atoms with van der Waals surface area (Å²) in [6.45, 7) is 7.14. The predicted molar refractivity (Wildman–Crippen MR) is 135 cm³/mol. The molecule has 1 aliphatic heterocycles. The van der Waals surface area contributed by atoms with Gasteiger partial charge >= 0.3 is 0 Å². The average Bonchev–Trinajstić information content (AvgIpc) is 3.42. The zero-order valence-corrected chi connectivity index (χ0v) is 20.5. The van der Waals surface area contributed by atoms with Crippen molar-refractivity contribution in [1.29, 1.82) is 0 Å². The second-order valence-electron chi connectivity index (χ2n) is 8.65. The van der Waals surface area contributed by atoms with E-state index < -0.39 is 6.04 Å². The van der Waals surface area contributed by atoms with Gasteiger partial charge in [-0.15, -0.1) is 0 Å². The van der Waals surface area contributed by atoms with Crippen molar-refractivity contribution in [2.24, 2.45) is 0 Å². The largest absolute Gasteiger partial charge is 0.507 e. The van der Waals surface area contributed by atoms with Gasteiger partial charge in [0.15, 0.2) is 11.5 Å². The van der Waals surface area contributed by atoms with E-state index in [4.69, 9.17) is 9.47 Å². The number of aromatic amines is 1. The first kappa shape index (κ1) is 23.4. The van der Waals surface area contributed by atoms with Crippen molar-refractivity contribution in [2.75, 3.05) is 13.2 Å². The van der Waals surface area contributed by atoms with Gasteiger partial charge in [-0.05, 0) is 62.2 Å². The molecule has 1 atom stereocenters. The lowest BCUT2D eigenvalue weighted by Gasteiger charge is -2.27. The first-order valence-corrected chi connectivity index (χ1v) is 12.0. The molecule has 5 rings (SSSR count). The maximum absolute atomic E-state index is 13.7. The second-order valence-corrected chi connectivity index (χ2v) is 8.65. The van der Waals surface area contributed by atoms with E-state index >= 15 is 0 Å². The number of H-pyrrole nitrogens is 1. The van der Waals surface area contributed by atoms with E-state index in [1.807, 2.05) is 63.2 Å². The van der Waals surface area contributed by atoms with Crippen LogP contribution in [0.1, 0.15) is 52.6 Å². The first-order chi connectivity index (χ1) is 17.5. The normalized spacial score (nSPS) is 14.7. The molecule has 2 aromatic carbocycles. The number of amides is 1. The summed E-state index contributed by atoms with van der Waals surface area (Å²) in [7, 11) is 0. The molecule has 184 valence electrons. The number of aryl methyl sites for hydroxylation is 1. The number of hydrogen-bond acceptors (Lipinski definition) is 6. The number of nitrogens with zero attached hydrogens (tertiary/aromatic N) is 3. The molecular formula is C28H28N4O4. The number of carbonyl (C=O) groups is 1. The Bertz CT molecular complexity index is 1400. The number of aromatic hydroxyl groups is 1. The summed E-state index contributed by atoms with van der Waals surface area (Å²) < 4.78 is 11.6. The number of benzene rings is 2. The lowest BCUT2D eigenvalue weighted by atomic mass is 9.94. The Labute approximate surface area is 209 Å². The molecule has 0 fully saturated rings. The van der Waals surface area contributed by atoms with Crippen LogP contribution >= 0.6 is 0 Å². The molecular weight excluding hydrogens is 456 g/mol. The third-order valence-electron chi connectivity index (χ3n) is 6.23. The molecule has 4 aromatic rings. The molecule has 36 heavy (non-hydrogen) atoms. The summed E-state index contributed by atoms with van der Waals surface area (Å²) in [6.07, 6.45) is 3.46. The summed E-state index contributed by atoms with van der Waals surface area (Å²) in [4.78, 5) is 19.7. The number of hydrogen-bond donors (Lipinski definition) is 2. The highest BCUT2D eigenvalue weighted by atomic mass is 16.5. The number of aromatic nitrogens is 3. The zero-order chi connectivity index (χ0) is 25.2. The molecule has 1 amide bonds. The van der Waals surface area contributed by atoms with E-state index in [1.165, 1.54) is 0 Å². The van der Waals surface area contributed by atoms with Gasteiger partial charge in [0.25, 0.3) is 5.91 Å². The Morgan fingerprint density at radius 2 is 1.86 bits per heavy atom. The fourth-order valence-electron chi connectivity index (χ4n) is 4.68. The van der Waals surface area contributed by atoms with E-state index in [2.05, 4.69) is 15.2 Å². The second kappa shape index (κ2) is 9.73. The van der Waals surface area contributed by atoms with Crippen LogP contribution in [0.2, 0.25) is 0 Å². The standard InChI is InChI=1S/C28H28N4O4/c1-4-35-22-11-9-19(14-23(22)36-5-2)27-24-25(20-13-17(3)8-10-21(20)33)30-31-26(24)28(34)32(27)16-18-7-6-12-29-15-18/h6-15,27,33H,4-5,16H2,1-3H3,(H,30,31)/t27-/m0/s1. The number of phenols is 1. The summed E-state index contributed by atoms with van der Waals surface area (Å²) in [5.41, 5.74) is 4.99. The molecule has 8 nitrogen and oxygen atoms in total. The fourth-order valence-corrected chi connectivity index (χ4v) is 4.68. The maximum atomic E-state index is 13.7. The Balaban J connectivity index is 1.68. The van der Waals surface area contributed by atoms with Crippen LogP contribution < -0.4 is 9.47 Å². The number of ether oxygens (including phenoxy) is 2. The molecule has 1 aliphatic rings. The smallest absolute Gasteiger partial charge is 0.273 e. The van der Waals surface area contributed by atoms with Crippen molar-refractivity contribution < 1.29 is 19.4 Å². The van der Waals surface area contributed by atoms with Crippen molar-refractivity contribution in [2.45, 2.75) is 33.4 Å². The monoisotopic (exact) mass is 484 g/mol. The highest BCUT2D eigenvalue weighted by Gasteiger charge is 2.42.